The van der Waals surface area contributed by atoms with Crippen molar-refractivity contribution in [2.75, 3.05) is 23.7 Å². The first-order chi connectivity index (χ1) is 17.3. The molecule has 0 heterocycles. The van der Waals surface area contributed by atoms with Crippen molar-refractivity contribution in [1.82, 2.24) is 10.2 Å². The second-order valence-electron chi connectivity index (χ2n) is 9.61. The van der Waals surface area contributed by atoms with Gasteiger partial charge in [-0.15, -0.1) is 0 Å². The summed E-state index contributed by atoms with van der Waals surface area (Å²) in [6.07, 6.45) is 1.95. The average molecular weight is 571 g/mol. The van der Waals surface area contributed by atoms with Crippen LogP contribution in [0.15, 0.2) is 42.5 Å². The first-order valence-electron chi connectivity index (χ1n) is 12.4. The summed E-state index contributed by atoms with van der Waals surface area (Å²) in [5, 5.41) is 3.70. The number of amides is 2. The Hall–Kier alpha value is -2.29. The van der Waals surface area contributed by atoms with E-state index >= 15 is 0 Å². The van der Waals surface area contributed by atoms with Gasteiger partial charge in [0.05, 0.1) is 22.0 Å². The maximum absolute atomic E-state index is 13.5. The molecular weight excluding hydrogens is 533 g/mol. The predicted octanol–water partition coefficient (Wildman–Crippen LogP) is 5.43. The zero-order valence-electron chi connectivity index (χ0n) is 22.1. The van der Waals surface area contributed by atoms with Gasteiger partial charge in [-0.2, -0.15) is 0 Å². The lowest BCUT2D eigenvalue weighted by Crippen LogP contribution is -2.49. The molecular formula is C27H37Cl2N3O4S. The van der Waals surface area contributed by atoms with Crippen molar-refractivity contribution in [3.05, 3.63) is 63.6 Å². The van der Waals surface area contributed by atoms with E-state index in [-0.39, 0.29) is 37.2 Å². The Morgan fingerprint density at radius 1 is 1.03 bits per heavy atom. The van der Waals surface area contributed by atoms with Crippen LogP contribution in [0, 0.1) is 12.8 Å². The summed E-state index contributed by atoms with van der Waals surface area (Å²) >= 11 is 12.2. The second-order valence-corrected chi connectivity index (χ2v) is 12.3. The number of halogens is 2. The number of nitrogens with zero attached hydrogens (tertiary/aromatic N) is 2. The highest BCUT2D eigenvalue weighted by atomic mass is 35.5. The summed E-state index contributed by atoms with van der Waals surface area (Å²) < 4.78 is 26.2. The summed E-state index contributed by atoms with van der Waals surface area (Å²) in [7, 11) is -3.54. The van der Waals surface area contributed by atoms with Gasteiger partial charge in [-0.1, -0.05) is 67.7 Å². The molecule has 0 saturated heterocycles. The maximum atomic E-state index is 13.5. The molecule has 2 rings (SSSR count). The van der Waals surface area contributed by atoms with Gasteiger partial charge in [0.25, 0.3) is 0 Å². The van der Waals surface area contributed by atoms with E-state index < -0.39 is 16.1 Å². The fourth-order valence-corrected chi connectivity index (χ4v) is 5.18. The number of carbonyl (C=O) groups is 2. The van der Waals surface area contributed by atoms with E-state index in [9.17, 15) is 18.0 Å². The molecule has 204 valence electrons. The smallest absolute Gasteiger partial charge is 0.242 e. The fraction of sp³-hybridized carbons (Fsp3) is 0.481. The van der Waals surface area contributed by atoms with E-state index in [1.54, 1.807) is 35.2 Å². The van der Waals surface area contributed by atoms with Crippen molar-refractivity contribution in [1.29, 1.82) is 0 Å². The topological polar surface area (TPSA) is 86.8 Å². The van der Waals surface area contributed by atoms with Gasteiger partial charge in [-0.05, 0) is 55.5 Å². The van der Waals surface area contributed by atoms with Gasteiger partial charge in [0.2, 0.25) is 21.8 Å². The summed E-state index contributed by atoms with van der Waals surface area (Å²) in [5.41, 5.74) is 2.31. The van der Waals surface area contributed by atoms with Crippen LogP contribution in [-0.2, 0) is 26.2 Å². The Bertz CT molecular complexity index is 1170. The Morgan fingerprint density at radius 2 is 1.68 bits per heavy atom. The number of hydrogen-bond donors (Lipinski definition) is 1. The quantitative estimate of drug-likeness (QED) is 0.348. The minimum Gasteiger partial charge on any atom is -0.354 e. The van der Waals surface area contributed by atoms with Crippen LogP contribution in [0.5, 0.6) is 0 Å². The highest BCUT2D eigenvalue weighted by molar-refractivity contribution is 7.92. The largest absolute Gasteiger partial charge is 0.354 e. The third kappa shape index (κ3) is 9.51. The fourth-order valence-electron chi connectivity index (χ4n) is 3.89. The third-order valence-electron chi connectivity index (χ3n) is 5.88. The predicted molar refractivity (Wildman–Crippen MR) is 152 cm³/mol. The van der Waals surface area contributed by atoms with Crippen LogP contribution in [-0.4, -0.2) is 50.5 Å². The molecule has 0 saturated carbocycles. The van der Waals surface area contributed by atoms with Crippen LogP contribution in [0.3, 0.4) is 0 Å². The van der Waals surface area contributed by atoms with E-state index in [1.807, 2.05) is 39.8 Å². The molecule has 37 heavy (non-hydrogen) atoms. The number of nitrogens with one attached hydrogen (secondary N) is 1. The van der Waals surface area contributed by atoms with Gasteiger partial charge in [-0.3, -0.25) is 13.9 Å². The molecule has 0 unspecified atom stereocenters. The van der Waals surface area contributed by atoms with Crippen molar-refractivity contribution in [3.63, 3.8) is 0 Å². The minimum absolute atomic E-state index is 0.0766. The van der Waals surface area contributed by atoms with Crippen LogP contribution >= 0.6 is 23.2 Å². The van der Waals surface area contributed by atoms with Gasteiger partial charge < -0.3 is 10.2 Å². The molecule has 0 bridgehead atoms. The number of benzene rings is 2. The highest BCUT2D eigenvalue weighted by Gasteiger charge is 2.29. The number of rotatable bonds is 13. The van der Waals surface area contributed by atoms with E-state index in [4.69, 9.17) is 23.2 Å². The zero-order valence-corrected chi connectivity index (χ0v) is 24.5. The van der Waals surface area contributed by atoms with Crippen LogP contribution in [0.1, 0.15) is 51.2 Å². The molecule has 0 aliphatic rings. The average Bonchev–Trinajstić information content (AvgIpc) is 2.82. The van der Waals surface area contributed by atoms with Crippen molar-refractivity contribution >= 4 is 50.7 Å². The molecule has 2 aromatic rings. The first-order valence-corrected chi connectivity index (χ1v) is 15.0. The monoisotopic (exact) mass is 569 g/mol. The summed E-state index contributed by atoms with van der Waals surface area (Å²) in [4.78, 5) is 28.0. The lowest BCUT2D eigenvalue weighted by Gasteiger charge is -2.31. The van der Waals surface area contributed by atoms with E-state index in [1.165, 1.54) is 4.31 Å². The van der Waals surface area contributed by atoms with Crippen molar-refractivity contribution in [2.24, 2.45) is 5.92 Å². The number of aryl methyl sites for hydroxylation is 1. The lowest BCUT2D eigenvalue weighted by molar-refractivity contribution is -0.141. The molecule has 0 aliphatic heterocycles. The number of sulfonamides is 1. The normalized spacial score (nSPS) is 12.3. The van der Waals surface area contributed by atoms with Crippen LogP contribution in [0.2, 0.25) is 10.0 Å². The molecule has 0 radical (unpaired) electrons. The van der Waals surface area contributed by atoms with Crippen LogP contribution < -0.4 is 9.62 Å². The molecule has 2 amide bonds. The van der Waals surface area contributed by atoms with Gasteiger partial charge in [0.1, 0.15) is 6.04 Å². The lowest BCUT2D eigenvalue weighted by atomic mass is 10.1. The SMILES string of the molecule is CC[C@@H](C(=O)NCC(C)C)N(Cc1ccc(Cl)c(Cl)c1)C(=O)CCCN(c1ccc(C)cc1)S(C)(=O)=O. The van der Waals surface area contributed by atoms with E-state index in [0.717, 1.165) is 17.4 Å². The van der Waals surface area contributed by atoms with Crippen LogP contribution in [0.4, 0.5) is 5.69 Å². The third-order valence-corrected chi connectivity index (χ3v) is 7.81. The molecule has 1 atom stereocenters. The Kier molecular flexibility index (Phi) is 11.7. The van der Waals surface area contributed by atoms with E-state index in [2.05, 4.69) is 5.32 Å². The molecule has 0 aliphatic carbocycles. The summed E-state index contributed by atoms with van der Waals surface area (Å²) in [5.74, 6) is -0.193. The number of hydrogen-bond acceptors (Lipinski definition) is 4. The van der Waals surface area contributed by atoms with E-state index in [0.29, 0.717) is 35.1 Å². The summed E-state index contributed by atoms with van der Waals surface area (Å²) in [6, 6.07) is 11.6. The molecule has 2 aromatic carbocycles. The molecule has 7 nitrogen and oxygen atoms in total. The van der Waals surface area contributed by atoms with Gasteiger partial charge >= 0.3 is 0 Å². The van der Waals surface area contributed by atoms with Crippen molar-refractivity contribution in [2.45, 2.75) is 59.5 Å². The van der Waals surface area contributed by atoms with Crippen LogP contribution in [0.25, 0.3) is 0 Å². The Morgan fingerprint density at radius 3 is 2.22 bits per heavy atom. The molecule has 10 heteroatoms. The molecule has 0 fully saturated rings. The second kappa shape index (κ2) is 14.0. The van der Waals surface area contributed by atoms with Gasteiger partial charge in [0, 0.05) is 26.1 Å². The Balaban J connectivity index is 2.23. The maximum Gasteiger partial charge on any atom is 0.242 e. The Labute approximate surface area is 231 Å². The summed E-state index contributed by atoms with van der Waals surface area (Å²) in [6.45, 7) is 8.61. The molecule has 1 N–H and O–H groups in total. The number of carbonyl (C=O) groups excluding carboxylic acids is 2. The van der Waals surface area contributed by atoms with Crippen molar-refractivity contribution in [3.8, 4) is 0 Å². The van der Waals surface area contributed by atoms with Gasteiger partial charge in [-0.25, -0.2) is 8.42 Å². The zero-order chi connectivity index (χ0) is 27.8. The first kappa shape index (κ1) is 30.9. The van der Waals surface area contributed by atoms with Crippen molar-refractivity contribution < 1.29 is 18.0 Å². The molecule has 0 aromatic heterocycles. The molecule has 0 spiro atoms. The minimum atomic E-state index is -3.54. The highest BCUT2D eigenvalue weighted by Crippen LogP contribution is 2.25. The standard InChI is InChI=1S/C27H37Cl2N3O4S/c1-6-25(27(34)30-17-19(2)3)31(18-21-11-14-23(28)24(29)16-21)26(33)8-7-15-32(37(5,35)36)22-12-9-20(4)10-13-22/h9-14,16,19,25H,6-8,15,17-18H2,1-5H3,(H,30,34)/t25-/m0/s1. The number of anilines is 1. The van der Waals surface area contributed by atoms with Gasteiger partial charge in [0.15, 0.2) is 0 Å².